The lowest BCUT2D eigenvalue weighted by Gasteiger charge is -2.30. The molecule has 108 valence electrons. The molecular weight excluding hydrogens is 271 g/mol. The maximum Gasteiger partial charge on any atom is 0.416 e. The SMILES string of the molecule is O=C1CC(C2CCCO2)c2ccc(C(F)(F)F)cc2N1. The summed E-state index contributed by atoms with van der Waals surface area (Å²) >= 11 is 0. The fourth-order valence-corrected chi connectivity index (χ4v) is 2.93. The maximum absolute atomic E-state index is 12.7. The molecule has 6 heteroatoms. The third kappa shape index (κ3) is 2.40. The van der Waals surface area contributed by atoms with Gasteiger partial charge in [-0.2, -0.15) is 13.2 Å². The molecule has 0 saturated carbocycles. The van der Waals surface area contributed by atoms with Crippen molar-refractivity contribution in [2.24, 2.45) is 0 Å². The zero-order valence-electron chi connectivity index (χ0n) is 10.7. The minimum Gasteiger partial charge on any atom is -0.378 e. The fourth-order valence-electron chi connectivity index (χ4n) is 2.93. The second kappa shape index (κ2) is 4.77. The molecule has 1 amide bonds. The number of benzene rings is 1. The van der Waals surface area contributed by atoms with Crippen LogP contribution in [0.1, 0.15) is 36.3 Å². The molecule has 2 unspecified atom stereocenters. The van der Waals surface area contributed by atoms with Crippen LogP contribution in [-0.2, 0) is 15.7 Å². The largest absolute Gasteiger partial charge is 0.416 e. The monoisotopic (exact) mass is 285 g/mol. The van der Waals surface area contributed by atoms with Crippen molar-refractivity contribution in [2.75, 3.05) is 11.9 Å². The van der Waals surface area contributed by atoms with E-state index in [0.717, 1.165) is 30.5 Å². The van der Waals surface area contributed by atoms with Gasteiger partial charge in [-0.25, -0.2) is 0 Å². The van der Waals surface area contributed by atoms with Gasteiger partial charge < -0.3 is 10.1 Å². The van der Waals surface area contributed by atoms with E-state index in [-0.39, 0.29) is 30.0 Å². The Morgan fingerprint density at radius 1 is 1.30 bits per heavy atom. The average molecular weight is 285 g/mol. The van der Waals surface area contributed by atoms with E-state index in [1.54, 1.807) is 0 Å². The molecule has 0 spiro atoms. The number of amides is 1. The maximum atomic E-state index is 12.7. The topological polar surface area (TPSA) is 38.3 Å². The number of alkyl halides is 3. The number of halogens is 3. The first-order valence-corrected chi connectivity index (χ1v) is 6.58. The van der Waals surface area contributed by atoms with E-state index >= 15 is 0 Å². The Hall–Kier alpha value is -1.56. The van der Waals surface area contributed by atoms with Crippen LogP contribution >= 0.6 is 0 Å². The summed E-state index contributed by atoms with van der Waals surface area (Å²) in [4.78, 5) is 11.7. The first-order chi connectivity index (χ1) is 9.45. The number of carbonyl (C=O) groups is 1. The molecule has 2 aliphatic heterocycles. The highest BCUT2D eigenvalue weighted by Gasteiger charge is 2.36. The Bertz CT molecular complexity index is 536. The van der Waals surface area contributed by atoms with Crippen LogP contribution in [-0.4, -0.2) is 18.6 Å². The fraction of sp³-hybridized carbons (Fsp3) is 0.500. The van der Waals surface area contributed by atoms with Crippen LogP contribution in [0.15, 0.2) is 18.2 Å². The predicted molar refractivity (Wildman–Crippen MR) is 66.4 cm³/mol. The summed E-state index contributed by atoms with van der Waals surface area (Å²) in [6.07, 6.45) is -2.44. The molecule has 0 bridgehead atoms. The van der Waals surface area contributed by atoms with Gasteiger partial charge in [0.25, 0.3) is 0 Å². The van der Waals surface area contributed by atoms with E-state index < -0.39 is 11.7 Å². The van der Waals surface area contributed by atoms with Gasteiger partial charge in [0, 0.05) is 24.6 Å². The first kappa shape index (κ1) is 13.4. The van der Waals surface area contributed by atoms with Crippen molar-refractivity contribution in [2.45, 2.75) is 37.5 Å². The molecule has 2 atom stereocenters. The number of hydrogen-bond donors (Lipinski definition) is 1. The molecule has 3 nitrogen and oxygen atoms in total. The lowest BCUT2D eigenvalue weighted by atomic mass is 9.84. The number of anilines is 1. The normalized spacial score (nSPS) is 26.2. The number of ether oxygens (including phenoxy) is 1. The van der Waals surface area contributed by atoms with Gasteiger partial charge in [0.05, 0.1) is 11.7 Å². The number of rotatable bonds is 1. The third-order valence-electron chi connectivity index (χ3n) is 3.87. The molecular formula is C14H14F3NO2. The summed E-state index contributed by atoms with van der Waals surface area (Å²) in [5.41, 5.74) is 0.255. The summed E-state index contributed by atoms with van der Waals surface area (Å²) in [6.45, 7) is 0.652. The van der Waals surface area contributed by atoms with Crippen LogP contribution in [0.25, 0.3) is 0 Å². The van der Waals surface area contributed by atoms with Gasteiger partial charge in [-0.1, -0.05) is 6.07 Å². The molecule has 1 aromatic carbocycles. The number of fused-ring (bicyclic) bond motifs is 1. The van der Waals surface area contributed by atoms with Crippen molar-refractivity contribution in [3.63, 3.8) is 0 Å². The minimum atomic E-state index is -4.41. The van der Waals surface area contributed by atoms with Crippen molar-refractivity contribution in [3.05, 3.63) is 29.3 Å². The molecule has 0 aromatic heterocycles. The van der Waals surface area contributed by atoms with Gasteiger partial charge >= 0.3 is 6.18 Å². The number of carbonyl (C=O) groups excluding carboxylic acids is 1. The number of hydrogen-bond acceptors (Lipinski definition) is 2. The van der Waals surface area contributed by atoms with Crippen molar-refractivity contribution in [1.82, 2.24) is 0 Å². The van der Waals surface area contributed by atoms with Crippen molar-refractivity contribution in [1.29, 1.82) is 0 Å². The second-order valence-electron chi connectivity index (χ2n) is 5.21. The highest BCUT2D eigenvalue weighted by molar-refractivity contribution is 5.95. The Labute approximate surface area is 114 Å². The van der Waals surface area contributed by atoms with Crippen LogP contribution in [0, 0.1) is 0 Å². The molecule has 20 heavy (non-hydrogen) atoms. The van der Waals surface area contributed by atoms with Crippen molar-refractivity contribution < 1.29 is 22.7 Å². The van der Waals surface area contributed by atoms with E-state index in [9.17, 15) is 18.0 Å². The Morgan fingerprint density at radius 3 is 2.75 bits per heavy atom. The number of nitrogens with one attached hydrogen (secondary N) is 1. The lowest BCUT2D eigenvalue weighted by Crippen LogP contribution is -2.30. The van der Waals surface area contributed by atoms with Crippen LogP contribution in [0.5, 0.6) is 0 Å². The molecule has 0 radical (unpaired) electrons. The second-order valence-corrected chi connectivity index (χ2v) is 5.21. The Morgan fingerprint density at radius 2 is 2.10 bits per heavy atom. The van der Waals surface area contributed by atoms with E-state index in [1.807, 2.05) is 0 Å². The molecule has 1 aromatic rings. The van der Waals surface area contributed by atoms with Crippen LogP contribution in [0.2, 0.25) is 0 Å². The third-order valence-corrected chi connectivity index (χ3v) is 3.87. The quantitative estimate of drug-likeness (QED) is 0.859. The summed E-state index contributed by atoms with van der Waals surface area (Å²) in [7, 11) is 0. The molecule has 1 N–H and O–H groups in total. The predicted octanol–water partition coefficient (Wildman–Crippen LogP) is 3.31. The van der Waals surface area contributed by atoms with Gasteiger partial charge in [-0.05, 0) is 30.5 Å². The highest BCUT2D eigenvalue weighted by atomic mass is 19.4. The van der Waals surface area contributed by atoms with Gasteiger partial charge in [-0.3, -0.25) is 4.79 Å². The van der Waals surface area contributed by atoms with Gasteiger partial charge in [-0.15, -0.1) is 0 Å². The summed E-state index contributed by atoms with van der Waals surface area (Å²) in [6, 6.07) is 3.54. The zero-order chi connectivity index (χ0) is 14.3. The van der Waals surface area contributed by atoms with Crippen LogP contribution < -0.4 is 5.32 Å². The van der Waals surface area contributed by atoms with E-state index in [0.29, 0.717) is 6.61 Å². The Kier molecular flexibility index (Phi) is 3.20. The zero-order valence-corrected chi connectivity index (χ0v) is 10.7. The highest BCUT2D eigenvalue weighted by Crippen LogP contribution is 2.41. The average Bonchev–Trinajstić information content (AvgIpc) is 2.89. The van der Waals surface area contributed by atoms with Crippen molar-refractivity contribution in [3.8, 4) is 0 Å². The molecule has 0 aliphatic carbocycles. The lowest BCUT2D eigenvalue weighted by molar-refractivity contribution is -0.137. The van der Waals surface area contributed by atoms with Crippen LogP contribution in [0.3, 0.4) is 0 Å². The molecule has 3 rings (SSSR count). The minimum absolute atomic E-state index is 0.0727. The first-order valence-electron chi connectivity index (χ1n) is 6.58. The molecule has 2 aliphatic rings. The van der Waals surface area contributed by atoms with Gasteiger partial charge in [0.2, 0.25) is 5.91 Å². The summed E-state index contributed by atoms with van der Waals surface area (Å²) < 4.78 is 43.7. The summed E-state index contributed by atoms with van der Waals surface area (Å²) in [5.74, 6) is -0.402. The van der Waals surface area contributed by atoms with Gasteiger partial charge in [0.1, 0.15) is 0 Å². The molecule has 1 fully saturated rings. The summed E-state index contributed by atoms with van der Waals surface area (Å²) in [5, 5.41) is 2.53. The smallest absolute Gasteiger partial charge is 0.378 e. The van der Waals surface area contributed by atoms with Crippen molar-refractivity contribution >= 4 is 11.6 Å². The molecule has 2 heterocycles. The van der Waals surface area contributed by atoms with E-state index in [1.165, 1.54) is 6.07 Å². The Balaban J connectivity index is 1.98. The van der Waals surface area contributed by atoms with Gasteiger partial charge in [0.15, 0.2) is 0 Å². The van der Waals surface area contributed by atoms with E-state index in [2.05, 4.69) is 5.32 Å². The van der Waals surface area contributed by atoms with Crippen LogP contribution in [0.4, 0.5) is 18.9 Å². The standard InChI is InChI=1S/C14H14F3NO2/c15-14(16,17)8-3-4-9-10(12-2-1-5-20-12)7-13(19)18-11(9)6-8/h3-4,6,10,12H,1-2,5,7H2,(H,18,19). The van der Waals surface area contributed by atoms with E-state index in [4.69, 9.17) is 4.74 Å². The molecule has 1 saturated heterocycles.